The number of hydrogen-bond acceptors (Lipinski definition) is 4. The van der Waals surface area contributed by atoms with Crippen molar-refractivity contribution in [3.05, 3.63) is 65.2 Å². The molecule has 2 aromatic rings. The summed E-state index contributed by atoms with van der Waals surface area (Å²) in [6.07, 6.45) is 2.04. The molecule has 2 rings (SSSR count). The highest BCUT2D eigenvalue weighted by Crippen LogP contribution is 2.15. The molecule has 138 valence electrons. The van der Waals surface area contributed by atoms with Crippen LogP contribution in [0.4, 0.5) is 0 Å². The summed E-state index contributed by atoms with van der Waals surface area (Å²) in [5.41, 5.74) is 4.01. The van der Waals surface area contributed by atoms with Gasteiger partial charge in [0.1, 0.15) is 5.75 Å². The largest absolute Gasteiger partial charge is 0.497 e. The molecule has 0 spiro atoms. The number of benzene rings is 2. The normalized spacial score (nSPS) is 11.5. The number of amides is 2. The van der Waals surface area contributed by atoms with E-state index < -0.39 is 5.91 Å². The van der Waals surface area contributed by atoms with Crippen LogP contribution in [0.15, 0.2) is 48.5 Å². The lowest BCUT2D eigenvalue weighted by Gasteiger charge is -2.15. The van der Waals surface area contributed by atoms with Crippen LogP contribution in [-0.2, 0) is 11.2 Å². The van der Waals surface area contributed by atoms with Crippen molar-refractivity contribution in [3.63, 3.8) is 0 Å². The first-order valence-corrected chi connectivity index (χ1v) is 8.50. The number of aryl methyl sites for hydroxylation is 1. The van der Waals surface area contributed by atoms with Crippen molar-refractivity contribution in [1.29, 1.82) is 0 Å². The lowest BCUT2D eigenvalue weighted by Crippen LogP contribution is -2.26. The minimum absolute atomic E-state index is 0.0109. The molecule has 0 aliphatic heterocycles. The summed E-state index contributed by atoms with van der Waals surface area (Å²) in [5.74, 6) is 0.248. The van der Waals surface area contributed by atoms with Crippen LogP contribution < -0.4 is 15.5 Å². The summed E-state index contributed by atoms with van der Waals surface area (Å²) < 4.78 is 5.13. The number of methoxy groups -OCH3 is 1. The summed E-state index contributed by atoms with van der Waals surface area (Å²) >= 11 is 0. The van der Waals surface area contributed by atoms with E-state index in [0.717, 1.165) is 24.2 Å². The molecule has 6 nitrogen and oxygen atoms in total. The van der Waals surface area contributed by atoms with Crippen molar-refractivity contribution in [1.82, 2.24) is 10.8 Å². The van der Waals surface area contributed by atoms with Crippen molar-refractivity contribution in [3.8, 4) is 5.75 Å². The third-order valence-corrected chi connectivity index (χ3v) is 4.18. The van der Waals surface area contributed by atoms with E-state index in [1.54, 1.807) is 36.9 Å². The second-order valence-electron chi connectivity index (χ2n) is 6.05. The fourth-order valence-electron chi connectivity index (χ4n) is 2.63. The van der Waals surface area contributed by atoms with Crippen LogP contribution in [0.25, 0.3) is 0 Å². The SMILES string of the molecule is COc1ccc(CCCC(=O)NC(C)c2ccc(C(=O)NO)cc2)cc1. The minimum atomic E-state index is -0.563. The third-order valence-electron chi connectivity index (χ3n) is 4.18. The van der Waals surface area contributed by atoms with E-state index in [1.807, 2.05) is 31.2 Å². The maximum absolute atomic E-state index is 12.1. The Balaban J connectivity index is 1.78. The molecule has 0 saturated heterocycles. The van der Waals surface area contributed by atoms with Crippen LogP contribution in [0, 0.1) is 0 Å². The summed E-state index contributed by atoms with van der Waals surface area (Å²) in [6.45, 7) is 1.89. The predicted molar refractivity (Wildman–Crippen MR) is 98.2 cm³/mol. The van der Waals surface area contributed by atoms with E-state index in [9.17, 15) is 9.59 Å². The van der Waals surface area contributed by atoms with E-state index in [2.05, 4.69) is 5.32 Å². The highest BCUT2D eigenvalue weighted by atomic mass is 16.5. The second-order valence-corrected chi connectivity index (χ2v) is 6.05. The minimum Gasteiger partial charge on any atom is -0.497 e. The number of nitrogens with one attached hydrogen (secondary N) is 2. The summed E-state index contributed by atoms with van der Waals surface area (Å²) in [4.78, 5) is 23.4. The average molecular weight is 356 g/mol. The topological polar surface area (TPSA) is 87.7 Å². The van der Waals surface area contributed by atoms with Crippen molar-refractivity contribution < 1.29 is 19.5 Å². The second kappa shape index (κ2) is 9.58. The van der Waals surface area contributed by atoms with Crippen LogP contribution in [0.2, 0.25) is 0 Å². The highest BCUT2D eigenvalue weighted by molar-refractivity contribution is 5.93. The molecular weight excluding hydrogens is 332 g/mol. The predicted octanol–water partition coefficient (Wildman–Crippen LogP) is 3.01. The van der Waals surface area contributed by atoms with Crippen molar-refractivity contribution in [2.75, 3.05) is 7.11 Å². The van der Waals surface area contributed by atoms with Gasteiger partial charge in [0.25, 0.3) is 5.91 Å². The quantitative estimate of drug-likeness (QED) is 0.501. The fourth-order valence-corrected chi connectivity index (χ4v) is 2.63. The van der Waals surface area contributed by atoms with Crippen LogP contribution in [0.5, 0.6) is 5.75 Å². The van der Waals surface area contributed by atoms with Gasteiger partial charge < -0.3 is 10.1 Å². The van der Waals surface area contributed by atoms with Gasteiger partial charge in [-0.25, -0.2) is 5.48 Å². The van der Waals surface area contributed by atoms with E-state index in [1.165, 1.54) is 5.56 Å². The molecule has 0 aliphatic carbocycles. The lowest BCUT2D eigenvalue weighted by molar-refractivity contribution is -0.121. The number of ether oxygens (including phenoxy) is 1. The van der Waals surface area contributed by atoms with Gasteiger partial charge in [0.2, 0.25) is 5.91 Å². The Labute approximate surface area is 153 Å². The van der Waals surface area contributed by atoms with E-state index in [0.29, 0.717) is 12.0 Å². The smallest absolute Gasteiger partial charge is 0.274 e. The first-order valence-electron chi connectivity index (χ1n) is 8.50. The molecule has 6 heteroatoms. The summed E-state index contributed by atoms with van der Waals surface area (Å²) in [6, 6.07) is 14.4. The summed E-state index contributed by atoms with van der Waals surface area (Å²) in [5, 5.41) is 11.6. The summed E-state index contributed by atoms with van der Waals surface area (Å²) in [7, 11) is 1.63. The molecule has 1 unspecified atom stereocenters. The zero-order chi connectivity index (χ0) is 18.9. The molecule has 26 heavy (non-hydrogen) atoms. The molecule has 2 amide bonds. The molecule has 0 radical (unpaired) electrons. The Kier molecular flexibility index (Phi) is 7.17. The molecule has 0 heterocycles. The van der Waals surface area contributed by atoms with Crippen LogP contribution in [-0.4, -0.2) is 24.1 Å². The Bertz CT molecular complexity index is 726. The molecule has 0 aliphatic rings. The number of carbonyl (C=O) groups is 2. The van der Waals surface area contributed by atoms with E-state index in [-0.39, 0.29) is 11.9 Å². The molecule has 2 aromatic carbocycles. The molecule has 1 atom stereocenters. The maximum atomic E-state index is 12.1. The van der Waals surface area contributed by atoms with Gasteiger partial charge in [0.15, 0.2) is 0 Å². The van der Waals surface area contributed by atoms with Gasteiger partial charge in [-0.3, -0.25) is 14.8 Å². The number of hydroxylamine groups is 1. The van der Waals surface area contributed by atoms with Crippen LogP contribution in [0.1, 0.15) is 47.3 Å². The number of rotatable bonds is 8. The van der Waals surface area contributed by atoms with E-state index >= 15 is 0 Å². The Morgan fingerprint density at radius 3 is 2.31 bits per heavy atom. The van der Waals surface area contributed by atoms with Crippen LogP contribution >= 0.6 is 0 Å². The zero-order valence-electron chi connectivity index (χ0n) is 15.0. The molecule has 0 fully saturated rings. The Hall–Kier alpha value is -2.86. The Morgan fingerprint density at radius 2 is 1.73 bits per heavy atom. The standard InChI is InChI=1S/C20H24N2O4/c1-14(16-8-10-17(11-9-16)20(24)22-25)21-19(23)5-3-4-15-6-12-18(26-2)13-7-15/h6-14,25H,3-5H2,1-2H3,(H,21,23)(H,22,24). The lowest BCUT2D eigenvalue weighted by atomic mass is 10.0. The maximum Gasteiger partial charge on any atom is 0.274 e. The zero-order valence-corrected chi connectivity index (χ0v) is 15.0. The van der Waals surface area contributed by atoms with Gasteiger partial charge >= 0.3 is 0 Å². The average Bonchev–Trinajstić information content (AvgIpc) is 2.68. The van der Waals surface area contributed by atoms with Gasteiger partial charge in [-0.1, -0.05) is 24.3 Å². The number of hydrogen-bond donors (Lipinski definition) is 3. The van der Waals surface area contributed by atoms with Crippen molar-refractivity contribution in [2.24, 2.45) is 0 Å². The molecular formula is C20H24N2O4. The third kappa shape index (κ3) is 5.60. The van der Waals surface area contributed by atoms with Crippen molar-refractivity contribution in [2.45, 2.75) is 32.2 Å². The van der Waals surface area contributed by atoms with Crippen molar-refractivity contribution >= 4 is 11.8 Å². The van der Waals surface area contributed by atoms with Gasteiger partial charge in [-0.15, -0.1) is 0 Å². The highest BCUT2D eigenvalue weighted by Gasteiger charge is 2.11. The number of carbonyl (C=O) groups excluding carboxylic acids is 2. The fraction of sp³-hybridized carbons (Fsp3) is 0.300. The van der Waals surface area contributed by atoms with Gasteiger partial charge in [-0.2, -0.15) is 0 Å². The van der Waals surface area contributed by atoms with Crippen LogP contribution in [0.3, 0.4) is 0 Å². The van der Waals surface area contributed by atoms with E-state index in [4.69, 9.17) is 9.94 Å². The van der Waals surface area contributed by atoms with Gasteiger partial charge in [0.05, 0.1) is 13.2 Å². The van der Waals surface area contributed by atoms with Gasteiger partial charge in [-0.05, 0) is 55.2 Å². The molecule has 0 saturated carbocycles. The Morgan fingerprint density at radius 1 is 1.08 bits per heavy atom. The van der Waals surface area contributed by atoms with Gasteiger partial charge in [0, 0.05) is 12.0 Å². The monoisotopic (exact) mass is 356 g/mol. The molecule has 3 N–H and O–H groups in total. The molecule has 0 bridgehead atoms. The molecule has 0 aromatic heterocycles. The first kappa shape index (κ1) is 19.5. The first-order chi connectivity index (χ1) is 12.5.